The molecule has 0 aromatic carbocycles. The fourth-order valence-electron chi connectivity index (χ4n) is 2.00. The van der Waals surface area contributed by atoms with Crippen molar-refractivity contribution in [2.45, 2.75) is 19.9 Å². The summed E-state index contributed by atoms with van der Waals surface area (Å²) in [5, 5.41) is 8.86. The van der Waals surface area contributed by atoms with Crippen LogP contribution in [0.1, 0.15) is 12.6 Å². The van der Waals surface area contributed by atoms with E-state index in [0.717, 1.165) is 11.4 Å². The van der Waals surface area contributed by atoms with Gasteiger partial charge < -0.3 is 4.90 Å². The van der Waals surface area contributed by atoms with E-state index in [0.29, 0.717) is 19.6 Å². The van der Waals surface area contributed by atoms with Gasteiger partial charge in [-0.05, 0) is 26.0 Å². The van der Waals surface area contributed by atoms with Gasteiger partial charge in [0.15, 0.2) is 0 Å². The first-order valence-corrected chi connectivity index (χ1v) is 5.98. The summed E-state index contributed by atoms with van der Waals surface area (Å²) in [6.45, 7) is 5.35. The minimum absolute atomic E-state index is 0.0222. The molecule has 1 atom stereocenters. The van der Waals surface area contributed by atoms with Crippen molar-refractivity contribution in [1.29, 1.82) is 5.26 Å². The van der Waals surface area contributed by atoms with E-state index in [9.17, 15) is 4.79 Å². The van der Waals surface area contributed by atoms with Crippen molar-refractivity contribution < 1.29 is 4.79 Å². The maximum atomic E-state index is 12.1. The summed E-state index contributed by atoms with van der Waals surface area (Å²) in [4.78, 5) is 19.9. The molecule has 2 rings (SSSR count). The van der Waals surface area contributed by atoms with Crippen LogP contribution >= 0.6 is 0 Å². The summed E-state index contributed by atoms with van der Waals surface area (Å²) in [6, 6.07) is 5.75. The van der Waals surface area contributed by atoms with E-state index in [1.807, 2.05) is 30.9 Å². The maximum Gasteiger partial charge on any atom is 0.241 e. The molecular weight excluding hydrogens is 228 g/mol. The number of carbonyl (C=O) groups excluding carboxylic acids is 1. The number of nitrogens with zero attached hydrogens (tertiary/aromatic N) is 4. The number of pyridine rings is 1. The van der Waals surface area contributed by atoms with E-state index in [-0.39, 0.29) is 11.9 Å². The summed E-state index contributed by atoms with van der Waals surface area (Å²) in [6.07, 6.45) is 1.72. The fraction of sp³-hybridized carbons (Fsp3) is 0.462. The van der Waals surface area contributed by atoms with Gasteiger partial charge in [-0.3, -0.25) is 14.7 Å². The maximum absolute atomic E-state index is 12.1. The van der Waals surface area contributed by atoms with Crippen molar-refractivity contribution in [2.24, 2.45) is 0 Å². The Bertz CT molecular complexity index is 477. The van der Waals surface area contributed by atoms with E-state index in [4.69, 9.17) is 5.26 Å². The van der Waals surface area contributed by atoms with Crippen LogP contribution in [0.15, 0.2) is 18.3 Å². The molecule has 0 bridgehead atoms. The lowest BCUT2D eigenvalue weighted by molar-refractivity contribution is -0.121. The first-order chi connectivity index (χ1) is 8.61. The Kier molecular flexibility index (Phi) is 3.58. The Morgan fingerprint density at radius 2 is 2.22 bits per heavy atom. The van der Waals surface area contributed by atoms with Crippen LogP contribution in [0.3, 0.4) is 0 Å². The molecule has 5 heteroatoms. The number of carbonyl (C=O) groups is 1. The van der Waals surface area contributed by atoms with Gasteiger partial charge in [-0.15, -0.1) is 0 Å². The topological polar surface area (TPSA) is 60.2 Å². The van der Waals surface area contributed by atoms with Crippen LogP contribution in [0.5, 0.6) is 0 Å². The average Bonchev–Trinajstić information content (AvgIpc) is 2.39. The highest BCUT2D eigenvalue weighted by Gasteiger charge is 2.27. The average molecular weight is 244 g/mol. The smallest absolute Gasteiger partial charge is 0.241 e. The van der Waals surface area contributed by atoms with Gasteiger partial charge in [0, 0.05) is 18.8 Å². The van der Waals surface area contributed by atoms with Crippen molar-refractivity contribution in [3.63, 3.8) is 0 Å². The quantitative estimate of drug-likeness (QED) is 0.777. The van der Waals surface area contributed by atoms with Crippen molar-refractivity contribution in [1.82, 2.24) is 9.88 Å². The second kappa shape index (κ2) is 5.15. The molecule has 2 heterocycles. The second-order valence-electron chi connectivity index (χ2n) is 4.48. The molecule has 1 fully saturated rings. The normalized spacial score (nSPS) is 18.5. The molecular formula is C13H16N4O. The standard InChI is InChI=1S/C13H16N4O/c1-10-3-4-12(8-15-10)17-6-5-16(9-13(17)18)11(2)7-14/h3-4,8,11H,5-6,9H2,1-2H3. The molecule has 1 amide bonds. The van der Waals surface area contributed by atoms with E-state index < -0.39 is 0 Å². The summed E-state index contributed by atoms with van der Waals surface area (Å²) >= 11 is 0. The summed E-state index contributed by atoms with van der Waals surface area (Å²) in [5.41, 5.74) is 1.76. The number of anilines is 1. The molecule has 0 aliphatic carbocycles. The third-order valence-electron chi connectivity index (χ3n) is 3.19. The molecule has 1 aliphatic heterocycles. The predicted octanol–water partition coefficient (Wildman–Crippen LogP) is 0.951. The highest BCUT2D eigenvalue weighted by molar-refractivity contribution is 5.95. The van der Waals surface area contributed by atoms with E-state index in [1.165, 1.54) is 0 Å². The number of aryl methyl sites for hydroxylation is 1. The van der Waals surface area contributed by atoms with Crippen LogP contribution in [0.25, 0.3) is 0 Å². The van der Waals surface area contributed by atoms with Crippen molar-refractivity contribution >= 4 is 11.6 Å². The highest BCUT2D eigenvalue weighted by Crippen LogP contribution is 2.17. The number of rotatable bonds is 2. The van der Waals surface area contributed by atoms with Crippen LogP contribution in [0.2, 0.25) is 0 Å². The number of aromatic nitrogens is 1. The fourth-order valence-corrected chi connectivity index (χ4v) is 2.00. The minimum atomic E-state index is -0.216. The first-order valence-electron chi connectivity index (χ1n) is 5.98. The molecule has 0 saturated carbocycles. The van der Waals surface area contributed by atoms with Gasteiger partial charge in [-0.2, -0.15) is 5.26 Å². The number of hydrogen-bond acceptors (Lipinski definition) is 4. The lowest BCUT2D eigenvalue weighted by Gasteiger charge is -2.35. The van der Waals surface area contributed by atoms with E-state index >= 15 is 0 Å². The van der Waals surface area contributed by atoms with Gasteiger partial charge >= 0.3 is 0 Å². The van der Waals surface area contributed by atoms with E-state index in [2.05, 4.69) is 11.1 Å². The molecule has 1 aliphatic rings. The molecule has 0 N–H and O–H groups in total. The number of hydrogen-bond donors (Lipinski definition) is 0. The Balaban J connectivity index is 2.08. The van der Waals surface area contributed by atoms with Crippen molar-refractivity contribution in [3.8, 4) is 6.07 Å². The SMILES string of the molecule is Cc1ccc(N2CCN(C(C)C#N)CC2=O)cn1. The number of piperazine rings is 1. The monoisotopic (exact) mass is 244 g/mol. The summed E-state index contributed by atoms with van der Waals surface area (Å²) < 4.78 is 0. The molecule has 1 unspecified atom stereocenters. The molecule has 0 radical (unpaired) electrons. The minimum Gasteiger partial charge on any atom is -0.308 e. The molecule has 18 heavy (non-hydrogen) atoms. The van der Waals surface area contributed by atoms with Crippen molar-refractivity contribution in [3.05, 3.63) is 24.0 Å². The Labute approximate surface area is 107 Å². The second-order valence-corrected chi connectivity index (χ2v) is 4.48. The van der Waals surface area contributed by atoms with Gasteiger partial charge in [0.2, 0.25) is 5.91 Å². The highest BCUT2D eigenvalue weighted by atomic mass is 16.2. The predicted molar refractivity (Wildman–Crippen MR) is 68.0 cm³/mol. The zero-order valence-electron chi connectivity index (χ0n) is 10.6. The number of amides is 1. The van der Waals surface area contributed by atoms with Gasteiger partial charge in [0.05, 0.1) is 30.5 Å². The molecule has 1 aromatic heterocycles. The molecule has 1 aromatic rings. The van der Waals surface area contributed by atoms with Crippen LogP contribution in [0.4, 0.5) is 5.69 Å². The van der Waals surface area contributed by atoms with E-state index in [1.54, 1.807) is 11.1 Å². The van der Waals surface area contributed by atoms with Crippen LogP contribution < -0.4 is 4.90 Å². The largest absolute Gasteiger partial charge is 0.308 e. The Morgan fingerprint density at radius 1 is 1.44 bits per heavy atom. The zero-order chi connectivity index (χ0) is 13.1. The van der Waals surface area contributed by atoms with Gasteiger partial charge in [-0.25, -0.2) is 0 Å². The number of nitriles is 1. The van der Waals surface area contributed by atoms with Gasteiger partial charge in [0.1, 0.15) is 0 Å². The summed E-state index contributed by atoms with van der Waals surface area (Å²) in [7, 11) is 0. The molecule has 94 valence electrons. The lowest BCUT2D eigenvalue weighted by atomic mass is 10.2. The van der Waals surface area contributed by atoms with Gasteiger partial charge in [0.25, 0.3) is 0 Å². The zero-order valence-corrected chi connectivity index (χ0v) is 10.6. The lowest BCUT2D eigenvalue weighted by Crippen LogP contribution is -2.52. The van der Waals surface area contributed by atoms with Crippen LogP contribution in [-0.2, 0) is 4.79 Å². The Hall–Kier alpha value is -1.93. The molecule has 1 saturated heterocycles. The van der Waals surface area contributed by atoms with Crippen LogP contribution in [0, 0.1) is 18.3 Å². The van der Waals surface area contributed by atoms with Crippen molar-refractivity contribution in [2.75, 3.05) is 24.5 Å². The Morgan fingerprint density at radius 3 is 2.78 bits per heavy atom. The first kappa shape index (κ1) is 12.5. The summed E-state index contributed by atoms with van der Waals surface area (Å²) in [5.74, 6) is 0.0222. The van der Waals surface area contributed by atoms with Gasteiger partial charge in [-0.1, -0.05) is 0 Å². The molecule has 5 nitrogen and oxygen atoms in total. The third-order valence-corrected chi connectivity index (χ3v) is 3.19. The third kappa shape index (κ3) is 2.49. The molecule has 0 spiro atoms. The van der Waals surface area contributed by atoms with Crippen LogP contribution in [-0.4, -0.2) is 41.5 Å².